The fraction of sp³-hybridized carbons (Fsp3) is 0.294. The van der Waals surface area contributed by atoms with Crippen LogP contribution < -0.4 is 10.1 Å². The molecule has 21 heavy (non-hydrogen) atoms. The zero-order valence-electron chi connectivity index (χ0n) is 11.8. The molecule has 0 saturated carbocycles. The Hall–Kier alpha value is -1.94. The maximum absolute atomic E-state index is 13.3. The summed E-state index contributed by atoms with van der Waals surface area (Å²) in [6.45, 7) is 0.720. The molecule has 1 aliphatic heterocycles. The van der Waals surface area contributed by atoms with Gasteiger partial charge in [-0.2, -0.15) is 0 Å². The topological polar surface area (TPSA) is 21.3 Å². The van der Waals surface area contributed by atoms with Crippen molar-refractivity contribution in [2.75, 3.05) is 13.7 Å². The Kier molecular flexibility index (Phi) is 3.88. The van der Waals surface area contributed by atoms with E-state index in [1.54, 1.807) is 0 Å². The Labute approximate surface area is 122 Å². The predicted molar refractivity (Wildman–Crippen MR) is 77.5 cm³/mol. The molecule has 2 nitrogen and oxygen atoms in total. The minimum atomic E-state index is -0.540. The molecule has 2 aromatic rings. The Morgan fingerprint density at radius 2 is 1.90 bits per heavy atom. The maximum Gasteiger partial charge on any atom is 0.126 e. The van der Waals surface area contributed by atoms with Gasteiger partial charge in [0.2, 0.25) is 0 Å². The minimum Gasteiger partial charge on any atom is -0.493 e. The van der Waals surface area contributed by atoms with E-state index >= 15 is 0 Å². The highest BCUT2D eigenvalue weighted by Crippen LogP contribution is 2.29. The number of benzene rings is 2. The summed E-state index contributed by atoms with van der Waals surface area (Å²) in [7, 11) is 1.85. The molecule has 0 saturated heterocycles. The number of hydrogen-bond donors (Lipinski definition) is 1. The first kappa shape index (κ1) is 14.0. The van der Waals surface area contributed by atoms with Gasteiger partial charge in [-0.3, -0.25) is 0 Å². The largest absolute Gasteiger partial charge is 0.493 e. The van der Waals surface area contributed by atoms with E-state index in [2.05, 4.69) is 11.4 Å². The van der Waals surface area contributed by atoms with Crippen LogP contribution in [0, 0.1) is 11.6 Å². The molecule has 1 atom stereocenters. The van der Waals surface area contributed by atoms with Crippen LogP contribution in [0.2, 0.25) is 0 Å². The molecule has 1 N–H and O–H groups in total. The van der Waals surface area contributed by atoms with Crippen LogP contribution in [0.5, 0.6) is 5.75 Å². The number of halogens is 2. The van der Waals surface area contributed by atoms with E-state index in [0.717, 1.165) is 30.4 Å². The van der Waals surface area contributed by atoms with Crippen molar-refractivity contribution in [2.24, 2.45) is 0 Å². The molecule has 3 rings (SSSR count). The third kappa shape index (κ3) is 3.05. The molecule has 0 fully saturated rings. The molecule has 1 heterocycles. The SMILES string of the molecule is CNC(Cc1cc(F)cc(F)c1)c1ccc2c(c1)CCO2. The monoisotopic (exact) mass is 289 g/mol. The van der Waals surface area contributed by atoms with Gasteiger partial charge in [0.05, 0.1) is 6.61 Å². The van der Waals surface area contributed by atoms with Gasteiger partial charge in [-0.05, 0) is 48.4 Å². The lowest BCUT2D eigenvalue weighted by atomic mass is 9.96. The van der Waals surface area contributed by atoms with Gasteiger partial charge in [-0.25, -0.2) is 8.78 Å². The van der Waals surface area contributed by atoms with Gasteiger partial charge in [0.15, 0.2) is 0 Å². The fourth-order valence-electron chi connectivity index (χ4n) is 2.77. The smallest absolute Gasteiger partial charge is 0.126 e. The van der Waals surface area contributed by atoms with Crippen LogP contribution in [-0.4, -0.2) is 13.7 Å². The Morgan fingerprint density at radius 1 is 1.14 bits per heavy atom. The molecule has 0 spiro atoms. The van der Waals surface area contributed by atoms with Crippen LogP contribution in [0.3, 0.4) is 0 Å². The number of likely N-dealkylation sites (N-methyl/N-ethyl adjacent to an activating group) is 1. The normalized spacial score (nSPS) is 14.6. The van der Waals surface area contributed by atoms with Crippen LogP contribution in [0.4, 0.5) is 8.78 Å². The van der Waals surface area contributed by atoms with Crippen molar-refractivity contribution in [3.63, 3.8) is 0 Å². The van der Waals surface area contributed by atoms with E-state index < -0.39 is 11.6 Å². The molecule has 0 amide bonds. The number of ether oxygens (including phenoxy) is 1. The first-order valence-corrected chi connectivity index (χ1v) is 7.03. The van der Waals surface area contributed by atoms with E-state index in [9.17, 15) is 8.78 Å². The van der Waals surface area contributed by atoms with Gasteiger partial charge >= 0.3 is 0 Å². The lowest BCUT2D eigenvalue weighted by Gasteiger charge is -2.18. The molecule has 0 aromatic heterocycles. The van der Waals surface area contributed by atoms with Crippen LogP contribution in [-0.2, 0) is 12.8 Å². The molecule has 110 valence electrons. The summed E-state index contributed by atoms with van der Waals surface area (Å²) in [5, 5.41) is 3.21. The quantitative estimate of drug-likeness (QED) is 0.931. The minimum absolute atomic E-state index is 0.0112. The highest BCUT2D eigenvalue weighted by atomic mass is 19.1. The van der Waals surface area contributed by atoms with Gasteiger partial charge < -0.3 is 10.1 Å². The summed E-state index contributed by atoms with van der Waals surface area (Å²) >= 11 is 0. The van der Waals surface area contributed by atoms with Crippen molar-refractivity contribution in [3.8, 4) is 5.75 Å². The first-order chi connectivity index (χ1) is 10.2. The number of hydrogen-bond acceptors (Lipinski definition) is 2. The maximum atomic E-state index is 13.3. The van der Waals surface area contributed by atoms with Crippen LogP contribution >= 0.6 is 0 Å². The summed E-state index contributed by atoms with van der Waals surface area (Å²) in [5.74, 6) is -0.144. The molecule has 1 aliphatic rings. The van der Waals surface area contributed by atoms with Crippen molar-refractivity contribution in [1.82, 2.24) is 5.32 Å². The van der Waals surface area contributed by atoms with Crippen molar-refractivity contribution < 1.29 is 13.5 Å². The standard InChI is InChI=1S/C17H17F2NO/c1-20-16(8-11-6-14(18)10-15(19)7-11)12-2-3-17-13(9-12)4-5-21-17/h2-3,6-7,9-10,16,20H,4-5,8H2,1H3. The molecular weight excluding hydrogens is 272 g/mol. The van der Waals surface area contributed by atoms with Gasteiger partial charge in [0, 0.05) is 18.5 Å². The molecule has 1 unspecified atom stereocenters. The zero-order valence-corrected chi connectivity index (χ0v) is 11.8. The van der Waals surface area contributed by atoms with Crippen LogP contribution in [0.25, 0.3) is 0 Å². The average molecular weight is 289 g/mol. The zero-order chi connectivity index (χ0) is 14.8. The van der Waals surface area contributed by atoms with E-state index in [1.807, 2.05) is 19.2 Å². The summed E-state index contributed by atoms with van der Waals surface area (Å²) in [6, 6.07) is 9.74. The van der Waals surface area contributed by atoms with Crippen LogP contribution in [0.1, 0.15) is 22.7 Å². The lowest BCUT2D eigenvalue weighted by molar-refractivity contribution is 0.356. The van der Waals surface area contributed by atoms with E-state index in [4.69, 9.17) is 4.74 Å². The second kappa shape index (κ2) is 5.82. The van der Waals surface area contributed by atoms with Crippen molar-refractivity contribution >= 4 is 0 Å². The average Bonchev–Trinajstić information content (AvgIpc) is 2.91. The van der Waals surface area contributed by atoms with E-state index in [-0.39, 0.29) is 6.04 Å². The Balaban J connectivity index is 1.84. The lowest BCUT2D eigenvalue weighted by Crippen LogP contribution is -2.19. The van der Waals surface area contributed by atoms with Crippen molar-refractivity contribution in [3.05, 3.63) is 64.7 Å². The molecule has 0 radical (unpaired) electrons. The summed E-state index contributed by atoms with van der Waals surface area (Å²) < 4.78 is 32.1. The third-order valence-electron chi connectivity index (χ3n) is 3.83. The summed E-state index contributed by atoms with van der Waals surface area (Å²) in [5.41, 5.74) is 2.94. The number of nitrogens with one attached hydrogen (secondary N) is 1. The second-order valence-electron chi connectivity index (χ2n) is 5.29. The van der Waals surface area contributed by atoms with E-state index in [0.29, 0.717) is 12.0 Å². The second-order valence-corrected chi connectivity index (χ2v) is 5.29. The fourth-order valence-corrected chi connectivity index (χ4v) is 2.77. The highest BCUT2D eigenvalue weighted by Gasteiger charge is 2.17. The Morgan fingerprint density at radius 3 is 2.62 bits per heavy atom. The number of rotatable bonds is 4. The molecule has 2 aromatic carbocycles. The molecule has 4 heteroatoms. The number of fused-ring (bicyclic) bond motifs is 1. The van der Waals surface area contributed by atoms with E-state index in [1.165, 1.54) is 17.7 Å². The molecule has 0 bridgehead atoms. The van der Waals surface area contributed by atoms with Crippen molar-refractivity contribution in [2.45, 2.75) is 18.9 Å². The van der Waals surface area contributed by atoms with Crippen molar-refractivity contribution in [1.29, 1.82) is 0 Å². The van der Waals surface area contributed by atoms with Gasteiger partial charge in [-0.15, -0.1) is 0 Å². The summed E-state index contributed by atoms with van der Waals surface area (Å²) in [6.07, 6.45) is 1.44. The third-order valence-corrected chi connectivity index (χ3v) is 3.83. The highest BCUT2D eigenvalue weighted by molar-refractivity contribution is 5.41. The van der Waals surface area contributed by atoms with Gasteiger partial charge in [0.1, 0.15) is 17.4 Å². The predicted octanol–water partition coefficient (Wildman–Crippen LogP) is 3.40. The van der Waals surface area contributed by atoms with Gasteiger partial charge in [-0.1, -0.05) is 12.1 Å². The molecule has 0 aliphatic carbocycles. The first-order valence-electron chi connectivity index (χ1n) is 7.03. The molecular formula is C17H17F2NO. The Bertz CT molecular complexity index is 637. The van der Waals surface area contributed by atoms with Gasteiger partial charge in [0.25, 0.3) is 0 Å². The summed E-state index contributed by atoms with van der Waals surface area (Å²) in [4.78, 5) is 0. The van der Waals surface area contributed by atoms with Crippen LogP contribution in [0.15, 0.2) is 36.4 Å².